The Hall–Kier alpha value is -0.460. The number of hydrogen-bond donors (Lipinski definition) is 1. The molecule has 110 valence electrons. The van der Waals surface area contributed by atoms with Gasteiger partial charge in [0.2, 0.25) is 0 Å². The first-order valence-corrected chi connectivity index (χ1v) is 7.43. The Balaban J connectivity index is 1.94. The Morgan fingerprint density at radius 3 is 2.89 bits per heavy atom. The van der Waals surface area contributed by atoms with Crippen LogP contribution >= 0.6 is 11.8 Å². The van der Waals surface area contributed by atoms with E-state index in [-0.39, 0.29) is 5.54 Å². The number of hydrogen-bond acceptors (Lipinski definition) is 2. The van der Waals surface area contributed by atoms with Crippen molar-refractivity contribution >= 4 is 16.9 Å². The smallest absolute Gasteiger partial charge is 0.326 e. The van der Waals surface area contributed by atoms with Crippen LogP contribution in [-0.4, -0.2) is 35.4 Å². The molecule has 2 fully saturated rings. The minimum Gasteiger partial charge on any atom is -0.359 e. The molecule has 1 spiro atoms. The molecule has 1 heterocycles. The highest BCUT2D eigenvalue weighted by atomic mass is 32.2. The van der Waals surface area contributed by atoms with Crippen LogP contribution in [0.25, 0.3) is 0 Å². The lowest BCUT2D eigenvalue weighted by Crippen LogP contribution is -2.47. The summed E-state index contributed by atoms with van der Waals surface area (Å²) in [5.74, 6) is -2.65. The van der Waals surface area contributed by atoms with Gasteiger partial charge in [0.05, 0.1) is 0 Å². The van der Waals surface area contributed by atoms with Crippen LogP contribution in [0.4, 0.5) is 17.6 Å². The van der Waals surface area contributed by atoms with Gasteiger partial charge < -0.3 is 5.32 Å². The predicted octanol–water partition coefficient (Wildman–Crippen LogP) is 3.53. The zero-order valence-electron chi connectivity index (χ0n) is 10.8. The Morgan fingerprint density at radius 2 is 2.26 bits per heavy atom. The maximum Gasteiger partial charge on any atom is 0.326 e. The minimum atomic E-state index is -4.04. The summed E-state index contributed by atoms with van der Waals surface area (Å²) < 4.78 is 49.7. The fourth-order valence-corrected chi connectivity index (χ4v) is 3.93. The van der Waals surface area contributed by atoms with Crippen molar-refractivity contribution in [2.45, 2.75) is 50.5 Å². The molecule has 2 nitrogen and oxygen atoms in total. The quantitative estimate of drug-likeness (QED) is 0.806. The molecule has 2 aliphatic rings. The van der Waals surface area contributed by atoms with Crippen molar-refractivity contribution in [3.05, 3.63) is 0 Å². The van der Waals surface area contributed by atoms with Gasteiger partial charge in [-0.05, 0) is 18.8 Å². The second-order valence-electron chi connectivity index (χ2n) is 5.58. The number of nitrogens with zero attached hydrogens (tertiary/aromatic N) is 1. The van der Waals surface area contributed by atoms with E-state index >= 15 is 0 Å². The molecule has 2 atom stereocenters. The van der Waals surface area contributed by atoms with Gasteiger partial charge in [-0.25, -0.2) is 8.78 Å². The molecule has 0 aromatic heterocycles. The molecule has 19 heavy (non-hydrogen) atoms. The first kappa shape index (κ1) is 14.9. The fourth-order valence-electron chi connectivity index (χ4n) is 2.74. The van der Waals surface area contributed by atoms with E-state index in [0.29, 0.717) is 11.1 Å². The number of rotatable bonds is 3. The molecule has 7 heteroatoms. The molecule has 0 bridgehead atoms. The lowest BCUT2D eigenvalue weighted by Gasteiger charge is -2.36. The minimum absolute atomic E-state index is 0.0682. The molecule has 0 amide bonds. The molecule has 1 saturated carbocycles. The van der Waals surface area contributed by atoms with Crippen molar-refractivity contribution < 1.29 is 17.6 Å². The summed E-state index contributed by atoms with van der Waals surface area (Å²) in [7, 11) is 0. The number of thioether (sulfide) groups is 1. The SMILES string of the molecule is CC1CCCC2(CSC(=NCC(F)(F)C(F)F)N2)C1. The van der Waals surface area contributed by atoms with Gasteiger partial charge in [-0.1, -0.05) is 31.5 Å². The summed E-state index contributed by atoms with van der Waals surface area (Å²) in [4.78, 5) is 3.63. The monoisotopic (exact) mass is 298 g/mol. The third-order valence-corrected chi connectivity index (χ3v) is 4.90. The number of amidine groups is 1. The Bertz CT molecular complexity index is 362. The summed E-state index contributed by atoms with van der Waals surface area (Å²) in [5, 5.41) is 3.57. The van der Waals surface area contributed by atoms with E-state index in [1.807, 2.05) is 0 Å². The van der Waals surface area contributed by atoms with Crippen LogP contribution in [0.5, 0.6) is 0 Å². The summed E-state index contributed by atoms with van der Waals surface area (Å²) >= 11 is 1.36. The van der Waals surface area contributed by atoms with Gasteiger partial charge in [0.25, 0.3) is 0 Å². The van der Waals surface area contributed by atoms with Crippen LogP contribution in [0.2, 0.25) is 0 Å². The summed E-state index contributed by atoms with van der Waals surface area (Å²) in [6.07, 6.45) is 0.616. The van der Waals surface area contributed by atoms with Gasteiger partial charge in [0.15, 0.2) is 5.17 Å². The van der Waals surface area contributed by atoms with E-state index < -0.39 is 18.9 Å². The van der Waals surface area contributed by atoms with Gasteiger partial charge in [-0.15, -0.1) is 0 Å². The molecular weight excluding hydrogens is 280 g/mol. The van der Waals surface area contributed by atoms with Gasteiger partial charge in [0, 0.05) is 11.3 Å². The first-order chi connectivity index (χ1) is 8.83. The van der Waals surface area contributed by atoms with E-state index in [1.54, 1.807) is 0 Å². The molecule has 1 N–H and O–H groups in total. The normalized spacial score (nSPS) is 34.2. The van der Waals surface area contributed by atoms with Crippen molar-refractivity contribution in [1.82, 2.24) is 5.32 Å². The van der Waals surface area contributed by atoms with E-state index in [0.717, 1.165) is 25.0 Å². The zero-order chi connectivity index (χ0) is 14.1. The second-order valence-corrected chi connectivity index (χ2v) is 6.54. The topological polar surface area (TPSA) is 24.4 Å². The van der Waals surface area contributed by atoms with Crippen LogP contribution in [0.3, 0.4) is 0 Å². The Morgan fingerprint density at radius 1 is 1.53 bits per heavy atom. The maximum atomic E-state index is 12.8. The van der Waals surface area contributed by atoms with Gasteiger partial charge >= 0.3 is 12.3 Å². The van der Waals surface area contributed by atoms with Crippen molar-refractivity contribution in [2.75, 3.05) is 12.3 Å². The van der Waals surface area contributed by atoms with E-state index in [1.165, 1.54) is 18.2 Å². The third kappa shape index (κ3) is 3.55. The highest BCUT2D eigenvalue weighted by molar-refractivity contribution is 8.14. The lowest BCUT2D eigenvalue weighted by molar-refractivity contribution is -0.119. The van der Waals surface area contributed by atoms with Gasteiger partial charge in [0.1, 0.15) is 6.54 Å². The molecular formula is C12H18F4N2S. The standard InChI is InChI=1S/C12H18F4N2S/c1-8-3-2-4-11(5-8)7-19-10(18-11)17-6-12(15,16)9(13)14/h8-9H,2-7H2,1H3,(H,17,18). The van der Waals surface area contributed by atoms with Crippen molar-refractivity contribution in [3.63, 3.8) is 0 Å². The zero-order valence-corrected chi connectivity index (χ0v) is 11.6. The molecule has 1 saturated heterocycles. The predicted molar refractivity (Wildman–Crippen MR) is 69.2 cm³/mol. The maximum absolute atomic E-state index is 12.8. The molecule has 0 aromatic carbocycles. The average Bonchev–Trinajstić information content (AvgIpc) is 2.69. The average molecular weight is 298 g/mol. The number of halogens is 4. The van der Waals surface area contributed by atoms with Gasteiger partial charge in [-0.3, -0.25) is 4.99 Å². The molecule has 1 aliphatic heterocycles. The van der Waals surface area contributed by atoms with Crippen LogP contribution in [-0.2, 0) is 0 Å². The largest absolute Gasteiger partial charge is 0.359 e. The van der Waals surface area contributed by atoms with Crippen LogP contribution in [0.1, 0.15) is 32.6 Å². The number of alkyl halides is 4. The van der Waals surface area contributed by atoms with Gasteiger partial charge in [-0.2, -0.15) is 8.78 Å². The van der Waals surface area contributed by atoms with Crippen LogP contribution < -0.4 is 5.32 Å². The molecule has 0 radical (unpaired) electrons. The third-order valence-electron chi connectivity index (χ3n) is 3.70. The Labute approximate surface area is 114 Å². The highest BCUT2D eigenvalue weighted by Crippen LogP contribution is 2.38. The van der Waals surface area contributed by atoms with E-state index in [2.05, 4.69) is 17.2 Å². The van der Waals surface area contributed by atoms with Crippen molar-refractivity contribution in [2.24, 2.45) is 10.9 Å². The molecule has 1 aliphatic carbocycles. The first-order valence-electron chi connectivity index (χ1n) is 6.44. The van der Waals surface area contributed by atoms with Crippen molar-refractivity contribution in [1.29, 1.82) is 0 Å². The Kier molecular flexibility index (Phi) is 4.32. The molecule has 2 unspecified atom stereocenters. The summed E-state index contributed by atoms with van der Waals surface area (Å²) in [6.45, 7) is 1.03. The number of aliphatic imine (C=N–C) groups is 1. The summed E-state index contributed by atoms with van der Waals surface area (Å²) in [5.41, 5.74) is -0.0682. The second kappa shape index (κ2) is 5.50. The summed E-state index contributed by atoms with van der Waals surface area (Å²) in [6, 6.07) is 0. The lowest BCUT2D eigenvalue weighted by atomic mass is 9.78. The number of nitrogens with one attached hydrogen (secondary N) is 1. The van der Waals surface area contributed by atoms with Crippen molar-refractivity contribution in [3.8, 4) is 0 Å². The van der Waals surface area contributed by atoms with Crippen LogP contribution in [0.15, 0.2) is 4.99 Å². The molecule has 2 rings (SSSR count). The highest BCUT2D eigenvalue weighted by Gasteiger charge is 2.43. The van der Waals surface area contributed by atoms with E-state index in [4.69, 9.17) is 0 Å². The van der Waals surface area contributed by atoms with E-state index in [9.17, 15) is 17.6 Å². The fraction of sp³-hybridized carbons (Fsp3) is 0.917. The molecule has 0 aromatic rings. The van der Waals surface area contributed by atoms with Crippen LogP contribution in [0, 0.1) is 5.92 Å².